The summed E-state index contributed by atoms with van der Waals surface area (Å²) in [4.78, 5) is 0. The molecule has 1 aromatic carbocycles. The van der Waals surface area contributed by atoms with E-state index in [2.05, 4.69) is 46.8 Å². The standard InChI is InChI=1S/C17H29NO/c1-6-9-19-17-11-13(3)16(10-14(17)4)15(5)12(2)7-8-18/h10-12,15H,6-9,18H2,1-5H3. The monoisotopic (exact) mass is 263 g/mol. The molecule has 2 nitrogen and oxygen atoms in total. The lowest BCUT2D eigenvalue weighted by molar-refractivity contribution is 0.315. The highest BCUT2D eigenvalue weighted by Crippen LogP contribution is 2.32. The summed E-state index contributed by atoms with van der Waals surface area (Å²) in [6.45, 7) is 12.6. The Morgan fingerprint density at radius 3 is 2.42 bits per heavy atom. The molecule has 108 valence electrons. The van der Waals surface area contributed by atoms with Crippen LogP contribution in [0.15, 0.2) is 12.1 Å². The van der Waals surface area contributed by atoms with Gasteiger partial charge < -0.3 is 10.5 Å². The van der Waals surface area contributed by atoms with E-state index < -0.39 is 0 Å². The largest absolute Gasteiger partial charge is 0.493 e. The minimum Gasteiger partial charge on any atom is -0.493 e. The van der Waals surface area contributed by atoms with Crippen LogP contribution in [0.3, 0.4) is 0 Å². The van der Waals surface area contributed by atoms with Crippen LogP contribution in [0, 0.1) is 19.8 Å². The first kappa shape index (κ1) is 16.0. The summed E-state index contributed by atoms with van der Waals surface area (Å²) in [5, 5.41) is 0. The molecule has 0 amide bonds. The first-order valence-corrected chi connectivity index (χ1v) is 7.45. The van der Waals surface area contributed by atoms with E-state index in [1.807, 2.05) is 0 Å². The van der Waals surface area contributed by atoms with Gasteiger partial charge in [0.15, 0.2) is 0 Å². The van der Waals surface area contributed by atoms with E-state index in [4.69, 9.17) is 10.5 Å². The fourth-order valence-electron chi connectivity index (χ4n) is 2.49. The van der Waals surface area contributed by atoms with Gasteiger partial charge in [-0.1, -0.05) is 26.8 Å². The summed E-state index contributed by atoms with van der Waals surface area (Å²) in [7, 11) is 0. The van der Waals surface area contributed by atoms with Gasteiger partial charge in [0.25, 0.3) is 0 Å². The van der Waals surface area contributed by atoms with Crippen LogP contribution in [0.2, 0.25) is 0 Å². The second kappa shape index (κ2) is 7.54. The lowest BCUT2D eigenvalue weighted by Gasteiger charge is -2.23. The zero-order chi connectivity index (χ0) is 14.4. The molecule has 0 bridgehead atoms. The van der Waals surface area contributed by atoms with Gasteiger partial charge in [0, 0.05) is 0 Å². The molecule has 0 aliphatic heterocycles. The van der Waals surface area contributed by atoms with Crippen LogP contribution in [0.4, 0.5) is 0 Å². The van der Waals surface area contributed by atoms with Gasteiger partial charge >= 0.3 is 0 Å². The number of hydrogen-bond acceptors (Lipinski definition) is 2. The van der Waals surface area contributed by atoms with Gasteiger partial charge in [-0.2, -0.15) is 0 Å². The quantitative estimate of drug-likeness (QED) is 0.801. The Kier molecular flexibility index (Phi) is 6.36. The zero-order valence-corrected chi connectivity index (χ0v) is 13.1. The molecule has 1 aromatic rings. The lowest BCUT2D eigenvalue weighted by atomic mass is 9.84. The van der Waals surface area contributed by atoms with E-state index in [0.29, 0.717) is 11.8 Å². The molecule has 0 saturated heterocycles. The Bertz CT molecular complexity index is 400. The SMILES string of the molecule is CCCOc1cc(C)c(C(C)C(C)CCN)cc1C. The number of ether oxygens (including phenoxy) is 1. The van der Waals surface area contributed by atoms with Gasteiger partial charge in [0.05, 0.1) is 6.61 Å². The van der Waals surface area contributed by atoms with Crippen molar-refractivity contribution in [1.82, 2.24) is 0 Å². The highest BCUT2D eigenvalue weighted by atomic mass is 16.5. The Labute approximate surface area is 118 Å². The van der Waals surface area contributed by atoms with E-state index in [1.54, 1.807) is 0 Å². The first-order valence-electron chi connectivity index (χ1n) is 7.45. The summed E-state index contributed by atoms with van der Waals surface area (Å²) in [6.07, 6.45) is 2.12. The summed E-state index contributed by atoms with van der Waals surface area (Å²) < 4.78 is 5.79. The third kappa shape index (κ3) is 4.24. The van der Waals surface area contributed by atoms with Crippen molar-refractivity contribution in [2.45, 2.75) is 53.4 Å². The topological polar surface area (TPSA) is 35.2 Å². The van der Waals surface area contributed by atoms with Crippen molar-refractivity contribution in [3.63, 3.8) is 0 Å². The van der Waals surface area contributed by atoms with E-state index >= 15 is 0 Å². The number of nitrogens with two attached hydrogens (primary N) is 1. The fourth-order valence-corrected chi connectivity index (χ4v) is 2.49. The van der Waals surface area contributed by atoms with Gasteiger partial charge in [-0.05, 0) is 67.8 Å². The van der Waals surface area contributed by atoms with Crippen LogP contribution in [0.5, 0.6) is 5.75 Å². The van der Waals surface area contributed by atoms with E-state index in [1.165, 1.54) is 16.7 Å². The van der Waals surface area contributed by atoms with Gasteiger partial charge in [0.1, 0.15) is 5.75 Å². The van der Waals surface area contributed by atoms with Gasteiger partial charge in [-0.25, -0.2) is 0 Å². The maximum Gasteiger partial charge on any atom is 0.122 e. The first-order chi connectivity index (χ1) is 9.01. The molecule has 2 N–H and O–H groups in total. The third-order valence-electron chi connectivity index (χ3n) is 3.99. The molecule has 2 atom stereocenters. The van der Waals surface area contributed by atoms with E-state index in [0.717, 1.165) is 31.7 Å². The maximum absolute atomic E-state index is 5.79. The van der Waals surface area contributed by atoms with Crippen LogP contribution in [-0.4, -0.2) is 13.2 Å². The molecule has 2 unspecified atom stereocenters. The average Bonchev–Trinajstić information content (AvgIpc) is 2.38. The van der Waals surface area contributed by atoms with Crippen LogP contribution < -0.4 is 10.5 Å². The average molecular weight is 263 g/mol. The summed E-state index contributed by atoms with van der Waals surface area (Å²) in [5.41, 5.74) is 9.67. The number of hydrogen-bond donors (Lipinski definition) is 1. The van der Waals surface area contributed by atoms with Crippen molar-refractivity contribution in [2.75, 3.05) is 13.2 Å². The molecule has 0 spiro atoms. The minimum absolute atomic E-state index is 0.544. The Hall–Kier alpha value is -1.02. The predicted molar refractivity (Wildman–Crippen MR) is 83.0 cm³/mol. The summed E-state index contributed by atoms with van der Waals surface area (Å²) in [6, 6.07) is 4.48. The molecule has 2 heteroatoms. The number of aryl methyl sites for hydroxylation is 2. The lowest BCUT2D eigenvalue weighted by Crippen LogP contribution is -2.13. The van der Waals surface area contributed by atoms with Crippen LogP contribution in [-0.2, 0) is 0 Å². The number of benzene rings is 1. The number of rotatable bonds is 7. The molecule has 0 aliphatic carbocycles. The zero-order valence-electron chi connectivity index (χ0n) is 13.1. The van der Waals surface area contributed by atoms with Crippen molar-refractivity contribution in [3.8, 4) is 5.75 Å². The van der Waals surface area contributed by atoms with E-state index in [9.17, 15) is 0 Å². The van der Waals surface area contributed by atoms with Crippen molar-refractivity contribution in [1.29, 1.82) is 0 Å². The smallest absolute Gasteiger partial charge is 0.122 e. The molecule has 0 aliphatic rings. The van der Waals surface area contributed by atoms with Crippen molar-refractivity contribution >= 4 is 0 Å². The van der Waals surface area contributed by atoms with Crippen LogP contribution in [0.1, 0.15) is 56.2 Å². The molecular formula is C17H29NO. The molecule has 1 rings (SSSR count). The third-order valence-corrected chi connectivity index (χ3v) is 3.99. The molecule has 0 fully saturated rings. The molecule has 0 radical (unpaired) electrons. The van der Waals surface area contributed by atoms with Crippen molar-refractivity contribution in [2.24, 2.45) is 11.7 Å². The Balaban J connectivity index is 2.94. The van der Waals surface area contributed by atoms with Crippen LogP contribution in [0.25, 0.3) is 0 Å². The Morgan fingerprint density at radius 2 is 1.84 bits per heavy atom. The van der Waals surface area contributed by atoms with E-state index in [-0.39, 0.29) is 0 Å². The molecule has 0 aromatic heterocycles. The molecular weight excluding hydrogens is 234 g/mol. The summed E-state index contributed by atoms with van der Waals surface area (Å²) >= 11 is 0. The second-order valence-electron chi connectivity index (χ2n) is 5.67. The molecule has 0 heterocycles. The Morgan fingerprint density at radius 1 is 1.16 bits per heavy atom. The second-order valence-corrected chi connectivity index (χ2v) is 5.67. The highest BCUT2D eigenvalue weighted by Gasteiger charge is 2.17. The summed E-state index contributed by atoms with van der Waals surface area (Å²) in [5.74, 6) is 2.19. The van der Waals surface area contributed by atoms with Gasteiger partial charge in [-0.15, -0.1) is 0 Å². The van der Waals surface area contributed by atoms with Crippen LogP contribution >= 0.6 is 0 Å². The van der Waals surface area contributed by atoms with Crippen molar-refractivity contribution < 1.29 is 4.74 Å². The highest BCUT2D eigenvalue weighted by molar-refractivity contribution is 5.43. The molecule has 0 saturated carbocycles. The van der Waals surface area contributed by atoms with Crippen molar-refractivity contribution in [3.05, 3.63) is 28.8 Å². The van der Waals surface area contributed by atoms with Gasteiger partial charge in [0.2, 0.25) is 0 Å². The van der Waals surface area contributed by atoms with Gasteiger partial charge in [-0.3, -0.25) is 0 Å². The minimum atomic E-state index is 0.544. The molecule has 19 heavy (non-hydrogen) atoms. The maximum atomic E-state index is 5.79. The predicted octanol–water partition coefficient (Wildman–Crippen LogP) is 4.18. The normalized spacial score (nSPS) is 14.2. The fraction of sp³-hybridized carbons (Fsp3) is 0.647.